The lowest BCUT2D eigenvalue weighted by Crippen LogP contribution is -2.12. The van der Waals surface area contributed by atoms with E-state index in [9.17, 15) is 10.1 Å². The van der Waals surface area contributed by atoms with Gasteiger partial charge in [0.15, 0.2) is 5.75 Å². The minimum absolute atomic E-state index is 0.00303. The summed E-state index contributed by atoms with van der Waals surface area (Å²) in [6, 6.07) is 4.87. The number of halogens is 1. The lowest BCUT2D eigenvalue weighted by molar-refractivity contribution is -0.386. The minimum Gasteiger partial charge on any atom is -0.484 e. The van der Waals surface area contributed by atoms with Crippen molar-refractivity contribution in [1.82, 2.24) is 0 Å². The Labute approximate surface area is 122 Å². The van der Waals surface area contributed by atoms with Gasteiger partial charge in [-0.2, -0.15) is 0 Å². The quantitative estimate of drug-likeness (QED) is 0.379. The number of unbranched alkanes of at least 4 members (excludes halogenated alkanes) is 3. The average Bonchev–Trinajstić information content (AvgIpc) is 2.36. The van der Waals surface area contributed by atoms with E-state index in [0.29, 0.717) is 10.2 Å². The maximum atomic E-state index is 11.0. The molecule has 106 valence electrons. The number of nitrogens with zero attached hydrogens (tertiary/aromatic N) is 1. The van der Waals surface area contributed by atoms with Gasteiger partial charge in [0.05, 0.1) is 11.0 Å². The Balaban J connectivity index is 2.58. The molecule has 0 aliphatic carbocycles. The molecule has 0 N–H and O–H groups in total. The van der Waals surface area contributed by atoms with E-state index in [-0.39, 0.29) is 11.8 Å². The van der Waals surface area contributed by atoms with Gasteiger partial charge >= 0.3 is 5.69 Å². The first kappa shape index (κ1) is 16.0. The first-order valence-electron chi connectivity index (χ1n) is 6.65. The zero-order valence-corrected chi connectivity index (χ0v) is 13.0. The molecule has 5 heteroatoms. The third-order valence-corrected chi connectivity index (χ3v) is 3.40. The Morgan fingerprint density at radius 3 is 2.74 bits per heavy atom. The van der Waals surface area contributed by atoms with Gasteiger partial charge in [0.25, 0.3) is 0 Å². The third-order valence-electron chi connectivity index (χ3n) is 2.91. The summed E-state index contributed by atoms with van der Waals surface area (Å²) in [4.78, 5) is 10.5. The molecule has 0 aromatic heterocycles. The van der Waals surface area contributed by atoms with Gasteiger partial charge in [-0.3, -0.25) is 10.1 Å². The van der Waals surface area contributed by atoms with E-state index in [2.05, 4.69) is 22.9 Å². The molecule has 0 spiro atoms. The normalized spacial score (nSPS) is 12.2. The summed E-state index contributed by atoms with van der Waals surface area (Å²) in [7, 11) is 0. The molecule has 0 heterocycles. The molecule has 0 fully saturated rings. The number of rotatable bonds is 8. The van der Waals surface area contributed by atoms with E-state index in [1.807, 2.05) is 6.92 Å². The molecule has 0 saturated heterocycles. The molecule has 1 aromatic carbocycles. The van der Waals surface area contributed by atoms with E-state index in [1.54, 1.807) is 12.1 Å². The van der Waals surface area contributed by atoms with Crippen molar-refractivity contribution in [2.24, 2.45) is 0 Å². The van der Waals surface area contributed by atoms with Crippen LogP contribution < -0.4 is 4.74 Å². The van der Waals surface area contributed by atoms with Gasteiger partial charge < -0.3 is 4.74 Å². The van der Waals surface area contributed by atoms with Gasteiger partial charge in [-0.1, -0.05) is 42.1 Å². The summed E-state index contributed by atoms with van der Waals surface area (Å²) in [5.41, 5.74) is 0.00906. The van der Waals surface area contributed by atoms with Crippen LogP contribution in [0.2, 0.25) is 0 Å². The van der Waals surface area contributed by atoms with Crippen molar-refractivity contribution in [3.63, 3.8) is 0 Å². The van der Waals surface area contributed by atoms with Crippen LogP contribution in [0.3, 0.4) is 0 Å². The monoisotopic (exact) mass is 329 g/mol. The van der Waals surface area contributed by atoms with Gasteiger partial charge in [-0.25, -0.2) is 0 Å². The van der Waals surface area contributed by atoms with Crippen LogP contribution in [0, 0.1) is 10.1 Å². The lowest BCUT2D eigenvalue weighted by atomic mass is 10.1. The van der Waals surface area contributed by atoms with Crippen molar-refractivity contribution in [3.05, 3.63) is 32.8 Å². The summed E-state index contributed by atoms with van der Waals surface area (Å²) < 4.78 is 6.36. The highest BCUT2D eigenvalue weighted by Crippen LogP contribution is 2.31. The van der Waals surface area contributed by atoms with Crippen molar-refractivity contribution < 1.29 is 9.66 Å². The average molecular weight is 330 g/mol. The second kappa shape index (κ2) is 8.15. The van der Waals surface area contributed by atoms with E-state index >= 15 is 0 Å². The predicted molar refractivity (Wildman–Crippen MR) is 79.6 cm³/mol. The Morgan fingerprint density at radius 1 is 1.37 bits per heavy atom. The van der Waals surface area contributed by atoms with E-state index in [4.69, 9.17) is 4.74 Å². The smallest absolute Gasteiger partial charge is 0.312 e. The topological polar surface area (TPSA) is 52.4 Å². The maximum absolute atomic E-state index is 11.0. The Morgan fingerprint density at radius 2 is 2.11 bits per heavy atom. The third kappa shape index (κ3) is 5.59. The number of benzene rings is 1. The largest absolute Gasteiger partial charge is 0.484 e. The molecule has 19 heavy (non-hydrogen) atoms. The maximum Gasteiger partial charge on any atom is 0.312 e. The molecule has 0 saturated carbocycles. The van der Waals surface area contributed by atoms with Crippen molar-refractivity contribution in [2.75, 3.05) is 0 Å². The van der Waals surface area contributed by atoms with Crippen LogP contribution in [-0.4, -0.2) is 11.0 Å². The molecule has 1 atom stereocenters. The number of nitro benzene ring substituents is 1. The highest BCUT2D eigenvalue weighted by atomic mass is 79.9. The second-order valence-electron chi connectivity index (χ2n) is 4.65. The predicted octanol–water partition coefficient (Wildman–Crippen LogP) is 5.10. The first-order valence-corrected chi connectivity index (χ1v) is 7.44. The van der Waals surface area contributed by atoms with E-state index in [1.165, 1.54) is 25.3 Å². The number of hydrogen-bond donors (Lipinski definition) is 0. The molecule has 0 aliphatic rings. The summed E-state index contributed by atoms with van der Waals surface area (Å²) in [6.45, 7) is 4.13. The number of ether oxygens (including phenoxy) is 1. The second-order valence-corrected chi connectivity index (χ2v) is 5.56. The highest BCUT2D eigenvalue weighted by Gasteiger charge is 2.17. The SMILES string of the molecule is CCCCCC[C@@H](C)Oc1ccc(Br)cc1[N+](=O)[O-]. The van der Waals surface area contributed by atoms with Crippen LogP contribution in [0.5, 0.6) is 5.75 Å². The van der Waals surface area contributed by atoms with Gasteiger partial charge in [0.2, 0.25) is 0 Å². The van der Waals surface area contributed by atoms with Gasteiger partial charge in [-0.05, 0) is 31.9 Å². The van der Waals surface area contributed by atoms with Crippen LogP contribution in [0.4, 0.5) is 5.69 Å². The summed E-state index contributed by atoms with van der Waals surface area (Å²) in [5.74, 6) is 0.344. The highest BCUT2D eigenvalue weighted by molar-refractivity contribution is 9.10. The molecular weight excluding hydrogens is 310 g/mol. The van der Waals surface area contributed by atoms with Crippen LogP contribution in [-0.2, 0) is 0 Å². The summed E-state index contributed by atoms with van der Waals surface area (Å²) in [5, 5.41) is 11.0. The van der Waals surface area contributed by atoms with Crippen molar-refractivity contribution >= 4 is 21.6 Å². The molecule has 0 bridgehead atoms. The molecule has 1 rings (SSSR count). The molecule has 1 aromatic rings. The fraction of sp³-hybridized carbons (Fsp3) is 0.571. The lowest BCUT2D eigenvalue weighted by Gasteiger charge is -2.14. The van der Waals surface area contributed by atoms with Gasteiger partial charge in [0, 0.05) is 10.5 Å². The Kier molecular flexibility index (Phi) is 6.84. The van der Waals surface area contributed by atoms with E-state index in [0.717, 1.165) is 12.8 Å². The van der Waals surface area contributed by atoms with E-state index < -0.39 is 4.92 Å². The zero-order chi connectivity index (χ0) is 14.3. The minimum atomic E-state index is -0.413. The number of nitro groups is 1. The summed E-state index contributed by atoms with van der Waals surface area (Å²) >= 11 is 3.23. The fourth-order valence-electron chi connectivity index (χ4n) is 1.87. The molecule has 0 aliphatic heterocycles. The van der Waals surface area contributed by atoms with Gasteiger partial charge in [-0.15, -0.1) is 0 Å². The molecular formula is C14H20BrNO3. The fourth-order valence-corrected chi connectivity index (χ4v) is 2.22. The zero-order valence-electron chi connectivity index (χ0n) is 11.4. The van der Waals surface area contributed by atoms with Crippen LogP contribution in [0.25, 0.3) is 0 Å². The van der Waals surface area contributed by atoms with Crippen LogP contribution in [0.1, 0.15) is 46.0 Å². The van der Waals surface area contributed by atoms with Crippen molar-refractivity contribution in [1.29, 1.82) is 0 Å². The van der Waals surface area contributed by atoms with Crippen molar-refractivity contribution in [2.45, 2.75) is 52.1 Å². The summed E-state index contributed by atoms with van der Waals surface area (Å²) in [6.07, 6.45) is 5.63. The van der Waals surface area contributed by atoms with Crippen molar-refractivity contribution in [3.8, 4) is 5.75 Å². The number of hydrogen-bond acceptors (Lipinski definition) is 3. The molecule has 0 radical (unpaired) electrons. The molecule has 0 amide bonds. The van der Waals surface area contributed by atoms with Crippen LogP contribution in [0.15, 0.2) is 22.7 Å². The standard InChI is InChI=1S/C14H20BrNO3/c1-3-4-5-6-7-11(2)19-14-9-8-12(15)10-13(14)16(17)18/h8-11H,3-7H2,1-2H3/t11-/m1/s1. The molecule has 0 unspecified atom stereocenters. The first-order chi connectivity index (χ1) is 9.04. The van der Waals surface area contributed by atoms with Crippen LogP contribution >= 0.6 is 15.9 Å². The van der Waals surface area contributed by atoms with Gasteiger partial charge in [0.1, 0.15) is 0 Å². The Hall–Kier alpha value is -1.10. The molecule has 4 nitrogen and oxygen atoms in total. The Bertz CT molecular complexity index is 423.